The molecule has 2 aliphatic heterocycles. The molecule has 2 fully saturated rings. The Morgan fingerprint density at radius 2 is 1.95 bits per heavy atom. The number of carbonyl (C=O) groups is 2. The first-order chi connectivity index (χ1) is 18.0. The molecule has 2 amide bonds. The van der Waals surface area contributed by atoms with E-state index in [0.29, 0.717) is 46.8 Å². The molecule has 37 heavy (non-hydrogen) atoms. The van der Waals surface area contributed by atoms with Crippen molar-refractivity contribution in [3.05, 3.63) is 70.8 Å². The molecule has 0 saturated carbocycles. The predicted molar refractivity (Wildman–Crippen MR) is 135 cm³/mol. The van der Waals surface area contributed by atoms with Gasteiger partial charge in [0.25, 0.3) is 11.1 Å². The third-order valence-electron chi connectivity index (χ3n) is 6.21. The van der Waals surface area contributed by atoms with Crippen molar-refractivity contribution in [3.8, 4) is 11.3 Å². The van der Waals surface area contributed by atoms with E-state index < -0.39 is 22.8 Å². The minimum atomic E-state index is -0.503. The van der Waals surface area contributed by atoms with Crippen molar-refractivity contribution in [1.82, 2.24) is 30.6 Å². The quantitative estimate of drug-likeness (QED) is 0.449. The standard InChI is InChI=1S/C25H23F2N7O2S/c26-19-14-31-21(18-2-5-28-13-20(18)27)9-16(19)12-29-11-15-3-7-34(8-4-15)24-30-6-1-17(32-24)10-22-23(35)33-25(36)37-22/h1-2,5-6,9-10,13-15,29H,3-4,7-8,11-12H2,(H,33,35,36). The number of rotatable bonds is 7. The van der Waals surface area contributed by atoms with Gasteiger partial charge in [-0.1, -0.05) is 0 Å². The molecule has 12 heteroatoms. The zero-order valence-electron chi connectivity index (χ0n) is 19.7. The summed E-state index contributed by atoms with van der Waals surface area (Å²) in [5, 5.41) is 5.15. The van der Waals surface area contributed by atoms with Crippen LogP contribution in [0.1, 0.15) is 24.1 Å². The molecule has 0 unspecified atom stereocenters. The van der Waals surface area contributed by atoms with Gasteiger partial charge < -0.3 is 10.2 Å². The van der Waals surface area contributed by atoms with Crippen LogP contribution in [-0.2, 0) is 11.3 Å². The summed E-state index contributed by atoms with van der Waals surface area (Å²) in [6.45, 7) is 2.54. The lowest BCUT2D eigenvalue weighted by molar-refractivity contribution is -0.115. The highest BCUT2D eigenvalue weighted by Crippen LogP contribution is 2.26. The smallest absolute Gasteiger partial charge is 0.290 e. The van der Waals surface area contributed by atoms with E-state index in [1.165, 1.54) is 12.3 Å². The number of nitrogens with zero attached hydrogens (tertiary/aromatic N) is 5. The molecular formula is C25H23F2N7O2S. The van der Waals surface area contributed by atoms with Crippen LogP contribution >= 0.6 is 11.8 Å². The number of aromatic nitrogens is 4. The number of piperidine rings is 1. The van der Waals surface area contributed by atoms with Gasteiger partial charge in [-0.25, -0.2) is 18.7 Å². The monoisotopic (exact) mass is 523 g/mol. The maximum Gasteiger partial charge on any atom is 0.290 e. The molecule has 5 rings (SSSR count). The number of hydrogen-bond acceptors (Lipinski definition) is 9. The SMILES string of the molecule is O=C1NC(=O)C(=Cc2ccnc(N3CCC(CNCc4cc(-c5ccncc5F)ncc4F)CC3)n2)S1. The van der Waals surface area contributed by atoms with Crippen molar-refractivity contribution >= 4 is 34.9 Å². The van der Waals surface area contributed by atoms with Crippen molar-refractivity contribution in [2.75, 3.05) is 24.5 Å². The van der Waals surface area contributed by atoms with Gasteiger partial charge in [0, 0.05) is 43.2 Å². The first-order valence-electron chi connectivity index (χ1n) is 11.7. The van der Waals surface area contributed by atoms with E-state index in [1.54, 1.807) is 24.4 Å². The zero-order chi connectivity index (χ0) is 25.8. The molecule has 0 radical (unpaired) electrons. The summed E-state index contributed by atoms with van der Waals surface area (Å²) < 4.78 is 28.4. The summed E-state index contributed by atoms with van der Waals surface area (Å²) in [6, 6.07) is 4.77. The van der Waals surface area contributed by atoms with Crippen LogP contribution < -0.4 is 15.5 Å². The molecule has 0 aliphatic carbocycles. The highest BCUT2D eigenvalue weighted by molar-refractivity contribution is 8.18. The Morgan fingerprint density at radius 1 is 1.11 bits per heavy atom. The Bertz CT molecular complexity index is 1360. The van der Waals surface area contributed by atoms with Gasteiger partial charge in [-0.3, -0.25) is 24.9 Å². The number of amides is 2. The lowest BCUT2D eigenvalue weighted by atomic mass is 9.97. The lowest BCUT2D eigenvalue weighted by Crippen LogP contribution is -2.38. The van der Waals surface area contributed by atoms with Crippen LogP contribution in [0.4, 0.5) is 19.5 Å². The Labute approximate surface area is 215 Å². The highest BCUT2D eigenvalue weighted by Gasteiger charge is 2.26. The molecule has 2 saturated heterocycles. The second kappa shape index (κ2) is 11.1. The number of hydrogen-bond donors (Lipinski definition) is 2. The summed E-state index contributed by atoms with van der Waals surface area (Å²) in [5.41, 5.74) is 1.63. The number of thioether (sulfide) groups is 1. The van der Waals surface area contributed by atoms with Gasteiger partial charge in [-0.2, -0.15) is 0 Å². The topological polar surface area (TPSA) is 113 Å². The molecule has 190 valence electrons. The highest BCUT2D eigenvalue weighted by atomic mass is 32.2. The normalized spacial score (nSPS) is 17.5. The van der Waals surface area contributed by atoms with E-state index in [4.69, 9.17) is 0 Å². The third-order valence-corrected chi connectivity index (χ3v) is 7.02. The fourth-order valence-electron chi connectivity index (χ4n) is 4.24. The molecular weight excluding hydrogens is 500 g/mol. The van der Waals surface area contributed by atoms with E-state index in [-0.39, 0.29) is 5.56 Å². The van der Waals surface area contributed by atoms with E-state index >= 15 is 0 Å². The van der Waals surface area contributed by atoms with E-state index in [0.717, 1.165) is 50.1 Å². The van der Waals surface area contributed by atoms with Crippen molar-refractivity contribution in [1.29, 1.82) is 0 Å². The molecule has 0 aromatic carbocycles. The number of nitrogens with one attached hydrogen (secondary N) is 2. The minimum Gasteiger partial charge on any atom is -0.341 e. The van der Waals surface area contributed by atoms with Gasteiger partial charge in [0.15, 0.2) is 5.82 Å². The van der Waals surface area contributed by atoms with Gasteiger partial charge in [-0.05, 0) is 61.3 Å². The van der Waals surface area contributed by atoms with Gasteiger partial charge in [-0.15, -0.1) is 0 Å². The first-order valence-corrected chi connectivity index (χ1v) is 12.6. The fourth-order valence-corrected chi connectivity index (χ4v) is 4.91. The van der Waals surface area contributed by atoms with Crippen molar-refractivity contribution < 1.29 is 18.4 Å². The van der Waals surface area contributed by atoms with E-state index in [9.17, 15) is 18.4 Å². The van der Waals surface area contributed by atoms with Crippen LogP contribution in [-0.4, -0.2) is 50.7 Å². The Kier molecular flexibility index (Phi) is 7.47. The predicted octanol–water partition coefficient (Wildman–Crippen LogP) is 3.54. The fraction of sp³-hybridized carbons (Fsp3) is 0.280. The summed E-state index contributed by atoms with van der Waals surface area (Å²) in [7, 11) is 0. The molecule has 3 aromatic rings. The molecule has 2 aliphatic rings. The van der Waals surface area contributed by atoms with Gasteiger partial charge in [0.05, 0.1) is 28.7 Å². The zero-order valence-corrected chi connectivity index (χ0v) is 20.5. The maximum absolute atomic E-state index is 14.3. The molecule has 9 nitrogen and oxygen atoms in total. The Balaban J connectivity index is 1.14. The van der Waals surface area contributed by atoms with Gasteiger partial charge >= 0.3 is 0 Å². The average Bonchev–Trinajstić information content (AvgIpc) is 3.22. The van der Waals surface area contributed by atoms with Crippen LogP contribution in [0.15, 0.2) is 47.9 Å². The van der Waals surface area contributed by atoms with Crippen molar-refractivity contribution in [2.45, 2.75) is 19.4 Å². The first kappa shape index (κ1) is 24.9. The minimum absolute atomic E-state index is 0.282. The molecule has 2 N–H and O–H groups in total. The maximum atomic E-state index is 14.3. The van der Waals surface area contributed by atoms with Crippen molar-refractivity contribution in [2.24, 2.45) is 5.92 Å². The van der Waals surface area contributed by atoms with E-state index in [2.05, 4.69) is 35.5 Å². The number of imide groups is 1. The molecule has 0 bridgehead atoms. The number of anilines is 1. The molecule has 3 aromatic heterocycles. The molecule has 0 spiro atoms. The van der Waals surface area contributed by atoms with Crippen LogP contribution in [0, 0.1) is 17.6 Å². The van der Waals surface area contributed by atoms with Gasteiger partial charge in [0.1, 0.15) is 5.82 Å². The Morgan fingerprint density at radius 3 is 2.70 bits per heavy atom. The summed E-state index contributed by atoms with van der Waals surface area (Å²) in [4.78, 5) is 42.2. The molecule has 0 atom stereocenters. The van der Waals surface area contributed by atoms with Crippen LogP contribution in [0.25, 0.3) is 17.3 Å². The van der Waals surface area contributed by atoms with E-state index in [1.807, 2.05) is 0 Å². The summed E-state index contributed by atoms with van der Waals surface area (Å²) in [5.74, 6) is -0.392. The number of halogens is 2. The Hall–Kier alpha value is -3.77. The van der Waals surface area contributed by atoms with Gasteiger partial charge in [0.2, 0.25) is 5.95 Å². The summed E-state index contributed by atoms with van der Waals surface area (Å²) >= 11 is 0.852. The average molecular weight is 524 g/mol. The molecule has 5 heterocycles. The van der Waals surface area contributed by atoms with Crippen LogP contribution in [0.3, 0.4) is 0 Å². The van der Waals surface area contributed by atoms with Crippen LogP contribution in [0.2, 0.25) is 0 Å². The third kappa shape index (κ3) is 5.97. The second-order valence-corrected chi connectivity index (χ2v) is 9.73. The largest absolute Gasteiger partial charge is 0.341 e. The van der Waals surface area contributed by atoms with Crippen molar-refractivity contribution in [3.63, 3.8) is 0 Å². The second-order valence-electron chi connectivity index (χ2n) is 8.71. The number of pyridine rings is 2. The number of carbonyl (C=O) groups excluding carboxylic acids is 2. The lowest BCUT2D eigenvalue weighted by Gasteiger charge is -2.32. The van der Waals surface area contributed by atoms with Crippen LogP contribution in [0.5, 0.6) is 0 Å². The summed E-state index contributed by atoms with van der Waals surface area (Å²) in [6.07, 6.45) is 8.72.